The maximum absolute atomic E-state index is 6.00. The summed E-state index contributed by atoms with van der Waals surface area (Å²) < 4.78 is 0. The number of nitrogens with one attached hydrogen (secondary N) is 1. The van der Waals surface area contributed by atoms with Gasteiger partial charge in [-0.25, -0.2) is 4.98 Å². The molecule has 2 rings (SSSR count). The summed E-state index contributed by atoms with van der Waals surface area (Å²) in [6, 6.07) is 11.9. The van der Waals surface area contributed by atoms with Gasteiger partial charge < -0.3 is 10.2 Å². The first-order valence-electron chi connectivity index (χ1n) is 6.76. The third-order valence-electron chi connectivity index (χ3n) is 3.01. The van der Waals surface area contributed by atoms with Crippen molar-refractivity contribution in [3.63, 3.8) is 0 Å². The van der Waals surface area contributed by atoms with Gasteiger partial charge in [-0.3, -0.25) is 0 Å². The highest BCUT2D eigenvalue weighted by Gasteiger charge is 2.00. The molecule has 0 atom stereocenters. The number of aromatic nitrogens is 1. The van der Waals surface area contributed by atoms with E-state index in [1.807, 2.05) is 36.5 Å². The molecule has 1 aromatic heterocycles. The summed E-state index contributed by atoms with van der Waals surface area (Å²) in [4.78, 5) is 6.61. The largest absolute Gasteiger partial charge is 0.370 e. The van der Waals surface area contributed by atoms with Crippen LogP contribution in [0.5, 0.6) is 0 Å². The molecule has 0 saturated heterocycles. The Balaban J connectivity index is 1.93. The lowest BCUT2D eigenvalue weighted by Crippen LogP contribution is -2.16. The number of anilines is 1. The molecule has 0 amide bonds. The second-order valence-electron chi connectivity index (χ2n) is 5.03. The van der Waals surface area contributed by atoms with Crippen molar-refractivity contribution in [3.05, 3.63) is 47.6 Å². The van der Waals surface area contributed by atoms with E-state index in [1.54, 1.807) is 0 Å². The van der Waals surface area contributed by atoms with Crippen LogP contribution >= 0.6 is 11.6 Å². The van der Waals surface area contributed by atoms with Crippen molar-refractivity contribution in [2.45, 2.75) is 6.42 Å². The van der Waals surface area contributed by atoms with Gasteiger partial charge in [-0.15, -0.1) is 0 Å². The predicted molar refractivity (Wildman–Crippen MR) is 86.3 cm³/mol. The van der Waals surface area contributed by atoms with Gasteiger partial charge in [-0.05, 0) is 56.9 Å². The molecule has 0 saturated carbocycles. The van der Waals surface area contributed by atoms with Gasteiger partial charge in [-0.1, -0.05) is 23.7 Å². The van der Waals surface area contributed by atoms with Crippen molar-refractivity contribution in [2.75, 3.05) is 32.5 Å². The highest BCUT2D eigenvalue weighted by molar-refractivity contribution is 6.30. The molecule has 1 aromatic carbocycles. The lowest BCUT2D eigenvalue weighted by molar-refractivity contribution is 0.405. The van der Waals surface area contributed by atoms with Gasteiger partial charge in [0.25, 0.3) is 0 Å². The molecule has 0 aliphatic carbocycles. The Hall–Kier alpha value is -1.58. The van der Waals surface area contributed by atoms with Gasteiger partial charge in [-0.2, -0.15) is 0 Å². The first-order valence-corrected chi connectivity index (χ1v) is 7.13. The minimum Gasteiger partial charge on any atom is -0.370 e. The molecule has 106 valence electrons. The zero-order chi connectivity index (χ0) is 14.4. The molecule has 0 aliphatic rings. The van der Waals surface area contributed by atoms with E-state index in [1.165, 1.54) is 0 Å². The Bertz CT molecular complexity index is 538. The van der Waals surface area contributed by atoms with Crippen molar-refractivity contribution in [1.29, 1.82) is 0 Å². The van der Waals surface area contributed by atoms with Gasteiger partial charge in [0.15, 0.2) is 0 Å². The van der Waals surface area contributed by atoms with E-state index in [2.05, 4.69) is 35.4 Å². The van der Waals surface area contributed by atoms with E-state index in [4.69, 9.17) is 11.6 Å². The predicted octanol–water partition coefficient (Wildman–Crippen LogP) is 3.77. The summed E-state index contributed by atoms with van der Waals surface area (Å²) in [6.45, 7) is 2.01. The fraction of sp³-hybridized carbons (Fsp3) is 0.312. The molecule has 0 aliphatic heterocycles. The Morgan fingerprint density at radius 1 is 1.15 bits per heavy atom. The number of rotatable bonds is 6. The van der Waals surface area contributed by atoms with Crippen LogP contribution in [0.25, 0.3) is 11.1 Å². The van der Waals surface area contributed by atoms with E-state index in [9.17, 15) is 0 Å². The first kappa shape index (κ1) is 14.8. The van der Waals surface area contributed by atoms with E-state index < -0.39 is 0 Å². The average Bonchev–Trinajstić information content (AvgIpc) is 2.44. The zero-order valence-electron chi connectivity index (χ0n) is 11.9. The van der Waals surface area contributed by atoms with Crippen LogP contribution < -0.4 is 5.32 Å². The van der Waals surface area contributed by atoms with E-state index in [0.717, 1.165) is 41.5 Å². The van der Waals surface area contributed by atoms with E-state index in [0.29, 0.717) is 0 Å². The molecular formula is C16H20ClN3. The molecule has 0 unspecified atom stereocenters. The summed E-state index contributed by atoms with van der Waals surface area (Å²) in [5.74, 6) is 0.912. The van der Waals surface area contributed by atoms with Crippen molar-refractivity contribution in [2.24, 2.45) is 0 Å². The molecule has 0 spiro atoms. The minimum atomic E-state index is 0.744. The topological polar surface area (TPSA) is 28.2 Å². The van der Waals surface area contributed by atoms with Crippen molar-refractivity contribution >= 4 is 17.4 Å². The Morgan fingerprint density at radius 3 is 2.65 bits per heavy atom. The molecule has 4 heteroatoms. The molecule has 1 N–H and O–H groups in total. The smallest absolute Gasteiger partial charge is 0.125 e. The summed E-state index contributed by atoms with van der Waals surface area (Å²) in [7, 11) is 4.16. The van der Waals surface area contributed by atoms with E-state index >= 15 is 0 Å². The van der Waals surface area contributed by atoms with E-state index in [-0.39, 0.29) is 0 Å². The zero-order valence-corrected chi connectivity index (χ0v) is 12.7. The van der Waals surface area contributed by atoms with Crippen LogP contribution in [0.15, 0.2) is 42.6 Å². The fourth-order valence-electron chi connectivity index (χ4n) is 1.95. The van der Waals surface area contributed by atoms with Gasteiger partial charge >= 0.3 is 0 Å². The van der Waals surface area contributed by atoms with Crippen molar-refractivity contribution < 1.29 is 0 Å². The quantitative estimate of drug-likeness (QED) is 0.821. The van der Waals surface area contributed by atoms with Gasteiger partial charge in [0.1, 0.15) is 5.82 Å². The molecule has 20 heavy (non-hydrogen) atoms. The highest BCUT2D eigenvalue weighted by atomic mass is 35.5. The maximum Gasteiger partial charge on any atom is 0.125 e. The fourth-order valence-corrected chi connectivity index (χ4v) is 2.14. The third-order valence-corrected chi connectivity index (χ3v) is 3.24. The minimum absolute atomic E-state index is 0.744. The number of pyridine rings is 1. The van der Waals surface area contributed by atoms with Gasteiger partial charge in [0, 0.05) is 23.3 Å². The lowest BCUT2D eigenvalue weighted by atomic mass is 10.1. The molecule has 0 radical (unpaired) electrons. The number of nitrogens with zero attached hydrogens (tertiary/aromatic N) is 2. The summed E-state index contributed by atoms with van der Waals surface area (Å²) in [5, 5.41) is 4.07. The summed E-state index contributed by atoms with van der Waals surface area (Å²) >= 11 is 6.00. The van der Waals surface area contributed by atoms with Gasteiger partial charge in [0.05, 0.1) is 0 Å². The maximum atomic E-state index is 6.00. The normalized spacial score (nSPS) is 10.8. The SMILES string of the molecule is CN(C)CCCNc1ccc(-c2cccc(Cl)c2)cn1. The Kier molecular flexibility index (Phi) is 5.39. The number of halogens is 1. The second-order valence-corrected chi connectivity index (χ2v) is 5.46. The van der Waals surface area contributed by atoms with Crippen molar-refractivity contribution in [3.8, 4) is 11.1 Å². The third kappa shape index (κ3) is 4.51. The molecule has 3 nitrogen and oxygen atoms in total. The second kappa shape index (κ2) is 7.27. The monoisotopic (exact) mass is 289 g/mol. The van der Waals surface area contributed by atoms with Gasteiger partial charge in [0.2, 0.25) is 0 Å². The number of hydrogen-bond acceptors (Lipinski definition) is 3. The summed E-state index contributed by atoms with van der Waals surface area (Å²) in [6.07, 6.45) is 2.98. The molecule has 0 bridgehead atoms. The van der Waals surface area contributed by atoms with Crippen LogP contribution in [-0.2, 0) is 0 Å². The summed E-state index contributed by atoms with van der Waals surface area (Å²) in [5.41, 5.74) is 2.16. The highest BCUT2D eigenvalue weighted by Crippen LogP contribution is 2.22. The molecular weight excluding hydrogens is 270 g/mol. The Morgan fingerprint density at radius 2 is 2.00 bits per heavy atom. The molecule has 2 aromatic rings. The Labute approximate surface area is 125 Å². The number of benzene rings is 1. The van der Waals surface area contributed by atoms with Crippen LogP contribution in [0.1, 0.15) is 6.42 Å². The average molecular weight is 290 g/mol. The standard InChI is InChI=1S/C16H20ClN3/c1-20(2)10-4-9-18-16-8-7-14(12-19-16)13-5-3-6-15(17)11-13/h3,5-8,11-12H,4,9-10H2,1-2H3,(H,18,19). The van der Waals surface area contributed by atoms with Crippen LogP contribution in [0.2, 0.25) is 5.02 Å². The molecule has 0 fully saturated rings. The van der Waals surface area contributed by atoms with Crippen LogP contribution in [0.3, 0.4) is 0 Å². The first-order chi connectivity index (χ1) is 9.65. The lowest BCUT2D eigenvalue weighted by Gasteiger charge is -2.10. The van der Waals surface area contributed by atoms with Crippen LogP contribution in [0, 0.1) is 0 Å². The number of hydrogen-bond donors (Lipinski definition) is 1. The van der Waals surface area contributed by atoms with Crippen LogP contribution in [-0.4, -0.2) is 37.1 Å². The molecule has 1 heterocycles. The van der Waals surface area contributed by atoms with Crippen molar-refractivity contribution in [1.82, 2.24) is 9.88 Å². The van der Waals surface area contributed by atoms with Crippen LogP contribution in [0.4, 0.5) is 5.82 Å².